The third-order valence-corrected chi connectivity index (χ3v) is 0.876. The van der Waals surface area contributed by atoms with Gasteiger partial charge in [-0.05, 0) is 19.1 Å². The van der Waals surface area contributed by atoms with Gasteiger partial charge in [-0.25, -0.2) is 0 Å². The molecule has 0 atom stereocenters. The van der Waals surface area contributed by atoms with Crippen molar-refractivity contribution in [3.63, 3.8) is 0 Å². The first-order valence-corrected chi connectivity index (χ1v) is 2.61. The molecule has 0 aliphatic carbocycles. The Bertz CT molecular complexity index is 168. The van der Waals surface area contributed by atoms with Crippen molar-refractivity contribution in [2.24, 2.45) is 0 Å². The van der Waals surface area contributed by atoms with E-state index in [-0.39, 0.29) is 5.76 Å². The summed E-state index contributed by atoms with van der Waals surface area (Å²) in [5.41, 5.74) is 4.91. The summed E-state index contributed by atoms with van der Waals surface area (Å²) in [6.45, 7) is 8.61. The predicted octanol–water partition coefficient (Wildman–Crippen LogP) is 0.760. The van der Waals surface area contributed by atoms with Gasteiger partial charge in [-0.1, -0.05) is 6.58 Å². The molecule has 0 radical (unpaired) electrons. The Morgan fingerprint density at radius 2 is 2.00 bits per heavy atom. The first-order valence-electron chi connectivity index (χ1n) is 2.61. The molecule has 4 N–H and O–H groups in total. The predicted molar refractivity (Wildman–Crippen MR) is 37.6 cm³/mol. The third kappa shape index (κ3) is 3.55. The molecule has 2 heteroatoms. The number of hydrogen-bond donors (Lipinski definition) is 2. The summed E-state index contributed by atoms with van der Waals surface area (Å²) in [5, 5.41) is 8.74. The Balaban J connectivity index is 4.17. The van der Waals surface area contributed by atoms with Crippen molar-refractivity contribution in [2.75, 3.05) is 0 Å². The fraction of sp³-hybridized carbons (Fsp3) is 0.143. The Labute approximate surface area is 55.0 Å². The van der Waals surface area contributed by atoms with Gasteiger partial charge in [0.15, 0.2) is 0 Å². The van der Waals surface area contributed by atoms with Crippen LogP contribution in [0.2, 0.25) is 0 Å². The molecule has 0 aliphatic rings. The minimum Gasteiger partial charge on any atom is -0.508 e. The minimum atomic E-state index is 0.0693. The number of hydrogen-bond acceptors (Lipinski definition) is 1. The van der Waals surface area contributed by atoms with E-state index in [0.29, 0.717) is 11.3 Å². The fourth-order valence-electron chi connectivity index (χ4n) is 0.389. The zero-order chi connectivity index (χ0) is 7.44. The van der Waals surface area contributed by atoms with Gasteiger partial charge in [0.25, 0.3) is 0 Å². The lowest BCUT2D eigenvalue weighted by Gasteiger charge is -1.93. The summed E-state index contributed by atoms with van der Waals surface area (Å²) in [5.74, 6) is 0.0693. The van der Waals surface area contributed by atoms with Gasteiger partial charge < -0.3 is 10.8 Å². The molecule has 0 rings (SSSR count). The van der Waals surface area contributed by atoms with Crippen molar-refractivity contribution in [1.29, 1.82) is 0 Å². The molecule has 0 heterocycles. The Hall–Kier alpha value is -1.02. The molecule has 0 fully saturated rings. The summed E-state index contributed by atoms with van der Waals surface area (Å²) in [6, 6.07) is 0. The van der Waals surface area contributed by atoms with Crippen LogP contribution in [0.4, 0.5) is 0 Å². The number of quaternary nitrogens is 1. The smallest absolute Gasteiger partial charge is 0.121 e. The van der Waals surface area contributed by atoms with Crippen LogP contribution in [0.25, 0.3) is 0 Å². The van der Waals surface area contributed by atoms with Crippen LogP contribution in [0.5, 0.6) is 0 Å². The molecule has 0 aromatic carbocycles. The van der Waals surface area contributed by atoms with Gasteiger partial charge in [-0.3, -0.25) is 0 Å². The van der Waals surface area contributed by atoms with Gasteiger partial charge in [0, 0.05) is 6.08 Å². The highest BCUT2D eigenvalue weighted by molar-refractivity contribution is 5.25. The van der Waals surface area contributed by atoms with E-state index in [1.807, 2.05) is 0 Å². The van der Waals surface area contributed by atoms with Crippen molar-refractivity contribution in [3.05, 3.63) is 36.3 Å². The molecule has 0 unspecified atom stereocenters. The molecule has 0 saturated heterocycles. The number of rotatable bonds is 2. The maximum atomic E-state index is 8.74. The maximum Gasteiger partial charge on any atom is 0.121 e. The van der Waals surface area contributed by atoms with E-state index in [0.717, 1.165) is 0 Å². The molecule has 2 nitrogen and oxygen atoms in total. The van der Waals surface area contributed by atoms with E-state index < -0.39 is 0 Å². The normalized spacial score (nSPS) is 11.1. The monoisotopic (exact) mass is 126 g/mol. The topological polar surface area (TPSA) is 47.9 Å². The molecule has 9 heavy (non-hydrogen) atoms. The van der Waals surface area contributed by atoms with Crippen LogP contribution in [0.1, 0.15) is 6.92 Å². The SMILES string of the molecule is C=C([NH3+])/C=C(/C)C(=C)O. The lowest BCUT2D eigenvalue weighted by molar-refractivity contribution is -0.294. The molecule has 0 aromatic rings. The number of aliphatic hydroxyl groups is 1. The number of aliphatic hydroxyl groups excluding tert-OH is 1. The summed E-state index contributed by atoms with van der Waals surface area (Å²) in [4.78, 5) is 0. The second kappa shape index (κ2) is 3.10. The Morgan fingerprint density at radius 1 is 1.56 bits per heavy atom. The first kappa shape index (κ1) is 7.98. The minimum absolute atomic E-state index is 0.0693. The molecule has 0 saturated carbocycles. The second-order valence-corrected chi connectivity index (χ2v) is 1.93. The van der Waals surface area contributed by atoms with Crippen LogP contribution in [0.15, 0.2) is 36.3 Å². The highest BCUT2D eigenvalue weighted by Crippen LogP contribution is 2.01. The van der Waals surface area contributed by atoms with Crippen molar-refractivity contribution < 1.29 is 10.8 Å². The van der Waals surface area contributed by atoms with Crippen molar-refractivity contribution in [2.45, 2.75) is 6.92 Å². The Morgan fingerprint density at radius 3 is 2.11 bits per heavy atom. The summed E-state index contributed by atoms with van der Waals surface area (Å²) in [7, 11) is 0. The van der Waals surface area contributed by atoms with E-state index in [9.17, 15) is 0 Å². The average molecular weight is 126 g/mol. The molecule has 0 spiro atoms. The summed E-state index contributed by atoms with van der Waals surface area (Å²) in [6.07, 6.45) is 1.67. The maximum absolute atomic E-state index is 8.74. The van der Waals surface area contributed by atoms with Crippen LogP contribution in [0.3, 0.4) is 0 Å². The highest BCUT2D eigenvalue weighted by Gasteiger charge is 1.91. The van der Waals surface area contributed by atoms with Crippen molar-refractivity contribution in [3.8, 4) is 0 Å². The zero-order valence-corrected chi connectivity index (χ0v) is 5.65. The molecule has 0 aliphatic heterocycles. The second-order valence-electron chi connectivity index (χ2n) is 1.93. The van der Waals surface area contributed by atoms with Gasteiger partial charge in [0.05, 0.1) is 0 Å². The van der Waals surface area contributed by atoms with Crippen LogP contribution in [-0.4, -0.2) is 5.11 Å². The van der Waals surface area contributed by atoms with Crippen LogP contribution >= 0.6 is 0 Å². The fourth-order valence-corrected chi connectivity index (χ4v) is 0.389. The van der Waals surface area contributed by atoms with Crippen LogP contribution < -0.4 is 5.73 Å². The van der Waals surface area contributed by atoms with Gasteiger partial charge in [-0.15, -0.1) is 0 Å². The van der Waals surface area contributed by atoms with E-state index >= 15 is 0 Å². The van der Waals surface area contributed by atoms with Crippen LogP contribution in [-0.2, 0) is 0 Å². The highest BCUT2D eigenvalue weighted by atomic mass is 16.3. The molecular formula is C7H12NO+. The average Bonchev–Trinajstić information content (AvgIpc) is 1.63. The summed E-state index contributed by atoms with van der Waals surface area (Å²) < 4.78 is 0. The molecule has 0 aromatic heterocycles. The largest absolute Gasteiger partial charge is 0.508 e. The van der Waals surface area contributed by atoms with Crippen LogP contribution in [0, 0.1) is 0 Å². The lowest BCUT2D eigenvalue weighted by Crippen LogP contribution is -2.45. The van der Waals surface area contributed by atoms with E-state index in [4.69, 9.17) is 5.11 Å². The Kier molecular flexibility index (Phi) is 2.74. The van der Waals surface area contributed by atoms with Gasteiger partial charge in [0.2, 0.25) is 0 Å². The standard InChI is InChI=1S/C7H11NO/c1-5(7(3)9)4-6(2)8/h4,9H,2-3,8H2,1H3/p+1/b5-4-. The van der Waals surface area contributed by atoms with Gasteiger partial charge in [0.1, 0.15) is 11.5 Å². The number of allylic oxidation sites excluding steroid dienone is 2. The van der Waals surface area contributed by atoms with E-state index in [1.54, 1.807) is 13.0 Å². The molecule has 0 amide bonds. The molecular weight excluding hydrogens is 114 g/mol. The van der Waals surface area contributed by atoms with E-state index in [2.05, 4.69) is 18.9 Å². The molecule has 0 bridgehead atoms. The zero-order valence-electron chi connectivity index (χ0n) is 5.65. The van der Waals surface area contributed by atoms with Gasteiger partial charge in [-0.2, -0.15) is 0 Å². The quantitative estimate of drug-likeness (QED) is 0.416. The van der Waals surface area contributed by atoms with Gasteiger partial charge >= 0.3 is 0 Å². The summed E-state index contributed by atoms with van der Waals surface area (Å²) >= 11 is 0. The lowest BCUT2D eigenvalue weighted by atomic mass is 10.2. The first-order chi connectivity index (χ1) is 4.04. The van der Waals surface area contributed by atoms with E-state index in [1.165, 1.54) is 0 Å². The van der Waals surface area contributed by atoms with Crippen molar-refractivity contribution >= 4 is 0 Å². The molecule has 50 valence electrons. The van der Waals surface area contributed by atoms with Crippen molar-refractivity contribution in [1.82, 2.24) is 0 Å². The third-order valence-electron chi connectivity index (χ3n) is 0.876.